The molecule has 24 heavy (non-hydrogen) atoms. The molecule has 0 amide bonds. The van der Waals surface area contributed by atoms with Crippen LogP contribution >= 0.6 is 35.3 Å². The van der Waals surface area contributed by atoms with Crippen molar-refractivity contribution in [1.82, 2.24) is 15.6 Å². The van der Waals surface area contributed by atoms with Gasteiger partial charge in [-0.2, -0.15) is 0 Å². The Morgan fingerprint density at radius 2 is 2.12 bits per heavy atom. The lowest BCUT2D eigenvalue weighted by Gasteiger charge is -2.22. The van der Waals surface area contributed by atoms with Crippen LogP contribution in [-0.4, -0.2) is 29.1 Å². The average molecular weight is 464 g/mol. The van der Waals surface area contributed by atoms with E-state index in [1.54, 1.807) is 24.3 Å². The number of nitrogens with one attached hydrogen (secondary N) is 2. The molecule has 0 aliphatic carbocycles. The molecular weight excluding hydrogens is 439 g/mol. The lowest BCUT2D eigenvalue weighted by atomic mass is 10.0. The Kier molecular flexibility index (Phi) is 8.17. The number of thiazole rings is 1. The maximum Gasteiger partial charge on any atom is 0.191 e. The first kappa shape index (κ1) is 20.9. The number of hydrogen-bond acceptors (Lipinski definition) is 5. The van der Waals surface area contributed by atoms with E-state index in [0.717, 1.165) is 22.2 Å². The summed E-state index contributed by atoms with van der Waals surface area (Å²) in [5, 5.41) is 17.9. The maximum atomic E-state index is 10.6. The Balaban J connectivity index is 0.00000288. The third kappa shape index (κ3) is 6.06. The second kappa shape index (κ2) is 9.38. The number of rotatable bonds is 6. The van der Waals surface area contributed by atoms with E-state index >= 15 is 0 Å². The molecule has 0 saturated carbocycles. The van der Waals surface area contributed by atoms with E-state index in [0.29, 0.717) is 24.8 Å². The van der Waals surface area contributed by atoms with Crippen LogP contribution in [0.4, 0.5) is 0 Å². The predicted molar refractivity (Wildman–Crippen MR) is 108 cm³/mol. The van der Waals surface area contributed by atoms with Crippen molar-refractivity contribution in [1.29, 1.82) is 0 Å². The van der Waals surface area contributed by atoms with Gasteiger partial charge in [-0.15, -0.1) is 35.3 Å². The first-order valence-corrected chi connectivity index (χ1v) is 8.45. The normalized spacial score (nSPS) is 14.0. The summed E-state index contributed by atoms with van der Waals surface area (Å²) in [6.45, 7) is 9.15. The summed E-state index contributed by atoms with van der Waals surface area (Å²) in [6.07, 6.45) is 1.84. The standard InChI is InChI=1S/C16H24N4O2S.HI/c1-5-17-15(19-9-13-8-18-12(3)23-13)20-10-16(4,21)14-7-6-11(2)22-14;/h6-8,21H,5,9-10H2,1-4H3,(H2,17,19,20);1H. The van der Waals surface area contributed by atoms with Gasteiger partial charge < -0.3 is 20.2 Å². The molecule has 134 valence electrons. The van der Waals surface area contributed by atoms with E-state index in [1.807, 2.05) is 33.0 Å². The van der Waals surface area contributed by atoms with Gasteiger partial charge in [0.15, 0.2) is 5.96 Å². The summed E-state index contributed by atoms with van der Waals surface area (Å²) in [7, 11) is 0. The minimum atomic E-state index is -1.11. The van der Waals surface area contributed by atoms with Crippen LogP contribution in [0.15, 0.2) is 27.7 Å². The Bertz CT molecular complexity index is 667. The summed E-state index contributed by atoms with van der Waals surface area (Å²) in [5.41, 5.74) is -1.11. The largest absolute Gasteiger partial charge is 0.463 e. The quantitative estimate of drug-likeness (QED) is 0.348. The molecule has 0 bridgehead atoms. The molecule has 0 saturated heterocycles. The van der Waals surface area contributed by atoms with E-state index < -0.39 is 5.60 Å². The van der Waals surface area contributed by atoms with Crippen LogP contribution < -0.4 is 10.6 Å². The number of halogens is 1. The van der Waals surface area contributed by atoms with Crippen molar-refractivity contribution in [2.45, 2.75) is 39.8 Å². The number of hydrogen-bond donors (Lipinski definition) is 3. The molecule has 3 N–H and O–H groups in total. The Morgan fingerprint density at radius 3 is 2.67 bits per heavy atom. The smallest absolute Gasteiger partial charge is 0.191 e. The second-order valence-corrected chi connectivity index (χ2v) is 6.90. The van der Waals surface area contributed by atoms with Crippen molar-refractivity contribution in [3.05, 3.63) is 39.7 Å². The number of guanidine groups is 1. The molecule has 1 unspecified atom stereocenters. The highest BCUT2D eigenvalue weighted by atomic mass is 127. The highest BCUT2D eigenvalue weighted by molar-refractivity contribution is 14.0. The summed E-state index contributed by atoms with van der Waals surface area (Å²) < 4.78 is 5.52. The zero-order valence-electron chi connectivity index (χ0n) is 14.4. The zero-order valence-corrected chi connectivity index (χ0v) is 17.6. The SMILES string of the molecule is CCNC(=NCc1cnc(C)s1)NCC(C)(O)c1ccc(C)o1.I. The molecule has 0 aromatic carbocycles. The molecular formula is C16H25IN4O2S. The minimum Gasteiger partial charge on any atom is -0.463 e. The molecule has 0 radical (unpaired) electrons. The van der Waals surface area contributed by atoms with Crippen LogP contribution in [0, 0.1) is 13.8 Å². The van der Waals surface area contributed by atoms with Gasteiger partial charge in [0.05, 0.1) is 18.1 Å². The summed E-state index contributed by atoms with van der Waals surface area (Å²) >= 11 is 1.63. The van der Waals surface area contributed by atoms with Gasteiger partial charge in [0, 0.05) is 17.6 Å². The average Bonchev–Trinajstić information content (AvgIpc) is 3.11. The fourth-order valence-electron chi connectivity index (χ4n) is 2.04. The van der Waals surface area contributed by atoms with E-state index in [2.05, 4.69) is 20.6 Å². The summed E-state index contributed by atoms with van der Waals surface area (Å²) in [6, 6.07) is 3.64. The van der Waals surface area contributed by atoms with Gasteiger partial charge in [-0.05, 0) is 39.8 Å². The van der Waals surface area contributed by atoms with Gasteiger partial charge in [0.25, 0.3) is 0 Å². The van der Waals surface area contributed by atoms with E-state index in [9.17, 15) is 5.11 Å². The van der Waals surface area contributed by atoms with Gasteiger partial charge in [0.1, 0.15) is 17.1 Å². The zero-order chi connectivity index (χ0) is 16.9. The van der Waals surface area contributed by atoms with Crippen LogP contribution in [0.3, 0.4) is 0 Å². The number of nitrogens with zero attached hydrogens (tertiary/aromatic N) is 2. The molecule has 8 heteroatoms. The van der Waals surface area contributed by atoms with Crippen molar-refractivity contribution in [3.63, 3.8) is 0 Å². The summed E-state index contributed by atoms with van der Waals surface area (Å²) in [4.78, 5) is 9.85. The molecule has 6 nitrogen and oxygen atoms in total. The van der Waals surface area contributed by atoms with Crippen LogP contribution in [0.1, 0.15) is 35.3 Å². The molecule has 0 fully saturated rings. The van der Waals surface area contributed by atoms with Crippen molar-refractivity contribution in [2.75, 3.05) is 13.1 Å². The number of aromatic nitrogens is 1. The van der Waals surface area contributed by atoms with Gasteiger partial charge in [-0.3, -0.25) is 0 Å². The minimum absolute atomic E-state index is 0. The van der Waals surface area contributed by atoms with Gasteiger partial charge in [-0.25, -0.2) is 9.98 Å². The first-order chi connectivity index (χ1) is 10.9. The van der Waals surface area contributed by atoms with Gasteiger partial charge in [-0.1, -0.05) is 0 Å². The molecule has 1 atom stereocenters. The van der Waals surface area contributed by atoms with Crippen LogP contribution in [0.5, 0.6) is 0 Å². The molecule has 0 spiro atoms. The molecule has 2 aromatic rings. The molecule has 2 aromatic heterocycles. The number of aliphatic hydroxyl groups is 1. The number of aryl methyl sites for hydroxylation is 2. The molecule has 0 aliphatic rings. The van der Waals surface area contributed by atoms with Crippen molar-refractivity contribution < 1.29 is 9.52 Å². The molecule has 2 heterocycles. The second-order valence-electron chi connectivity index (χ2n) is 5.58. The number of furan rings is 1. The third-order valence-electron chi connectivity index (χ3n) is 3.28. The van der Waals surface area contributed by atoms with Crippen LogP contribution in [0.2, 0.25) is 0 Å². The fourth-order valence-corrected chi connectivity index (χ4v) is 2.76. The predicted octanol–water partition coefficient (Wildman–Crippen LogP) is 2.93. The van der Waals surface area contributed by atoms with Crippen molar-refractivity contribution in [3.8, 4) is 0 Å². The Labute approximate surface area is 163 Å². The first-order valence-electron chi connectivity index (χ1n) is 7.63. The Hall–Kier alpha value is -1.13. The van der Waals surface area contributed by atoms with Crippen molar-refractivity contribution >= 4 is 41.3 Å². The number of aliphatic imine (C=N–C) groups is 1. The molecule has 0 aliphatic heterocycles. The van der Waals surface area contributed by atoms with Crippen molar-refractivity contribution in [2.24, 2.45) is 4.99 Å². The molecule has 2 rings (SSSR count). The Morgan fingerprint density at radius 1 is 1.38 bits per heavy atom. The lowest BCUT2D eigenvalue weighted by molar-refractivity contribution is 0.0378. The van der Waals surface area contributed by atoms with Gasteiger partial charge in [0.2, 0.25) is 0 Å². The van der Waals surface area contributed by atoms with Crippen LogP contribution in [0.25, 0.3) is 0 Å². The highest BCUT2D eigenvalue weighted by Gasteiger charge is 2.27. The third-order valence-corrected chi connectivity index (χ3v) is 4.18. The maximum absolute atomic E-state index is 10.6. The van der Waals surface area contributed by atoms with E-state index in [4.69, 9.17) is 4.42 Å². The fraction of sp³-hybridized carbons (Fsp3) is 0.500. The lowest BCUT2D eigenvalue weighted by Crippen LogP contribution is -2.44. The van der Waals surface area contributed by atoms with Crippen LogP contribution in [-0.2, 0) is 12.1 Å². The van der Waals surface area contributed by atoms with E-state index in [1.165, 1.54) is 0 Å². The van der Waals surface area contributed by atoms with E-state index in [-0.39, 0.29) is 24.0 Å². The monoisotopic (exact) mass is 464 g/mol. The topological polar surface area (TPSA) is 82.7 Å². The van der Waals surface area contributed by atoms with Gasteiger partial charge >= 0.3 is 0 Å². The highest BCUT2D eigenvalue weighted by Crippen LogP contribution is 2.21. The summed E-state index contributed by atoms with van der Waals surface area (Å²) in [5.74, 6) is 1.97.